The van der Waals surface area contributed by atoms with Gasteiger partial charge in [0.05, 0.1) is 0 Å². The van der Waals surface area contributed by atoms with Crippen LogP contribution >= 0.6 is 0 Å². The smallest absolute Gasteiger partial charge is 0.318 e. The van der Waals surface area contributed by atoms with Gasteiger partial charge in [-0.1, -0.05) is 11.6 Å². The van der Waals surface area contributed by atoms with Crippen molar-refractivity contribution >= 4 is 6.03 Å². The first-order valence-electron chi connectivity index (χ1n) is 7.58. The largest absolute Gasteiger partial charge is 0.381 e. The molecule has 0 saturated carbocycles. The van der Waals surface area contributed by atoms with Crippen molar-refractivity contribution < 1.29 is 9.53 Å². The molecule has 3 heterocycles. The predicted octanol–water partition coefficient (Wildman–Crippen LogP) is 2.45. The molecule has 3 fully saturated rings. The van der Waals surface area contributed by atoms with Gasteiger partial charge in [-0.25, -0.2) is 4.79 Å². The Kier molecular flexibility index (Phi) is 3.78. The molecule has 0 aromatic heterocycles. The minimum atomic E-state index is 0.162. The number of carbonyl (C=O) groups excluding carboxylic acids is 1. The standard InChI is InChI=1S/C15H24N2O2/c1-2-11-9-13-3-4-14(10-11)17(13)15(18)16-12-5-7-19-8-6-12/h2,12-14H,3-10H2,1H3,(H,16,18). The highest BCUT2D eigenvalue weighted by Gasteiger charge is 2.41. The Bertz CT molecular complexity index is 358. The first-order valence-corrected chi connectivity index (χ1v) is 7.58. The molecule has 2 amide bonds. The lowest BCUT2D eigenvalue weighted by molar-refractivity contribution is 0.0762. The van der Waals surface area contributed by atoms with Gasteiger partial charge in [0.2, 0.25) is 0 Å². The van der Waals surface area contributed by atoms with Gasteiger partial charge >= 0.3 is 6.03 Å². The molecule has 2 unspecified atom stereocenters. The molecule has 2 bridgehead atoms. The van der Waals surface area contributed by atoms with Crippen molar-refractivity contribution in [1.82, 2.24) is 10.2 Å². The van der Waals surface area contributed by atoms with Crippen LogP contribution in [0.2, 0.25) is 0 Å². The second-order valence-corrected chi connectivity index (χ2v) is 5.98. The SMILES string of the molecule is CC=C1CC2CCC(C1)N2C(=O)NC1CCOCC1. The minimum absolute atomic E-state index is 0.162. The van der Waals surface area contributed by atoms with Gasteiger partial charge in [0, 0.05) is 31.3 Å². The van der Waals surface area contributed by atoms with E-state index in [0.717, 1.165) is 38.9 Å². The van der Waals surface area contributed by atoms with E-state index in [1.165, 1.54) is 18.4 Å². The number of hydrogen-bond donors (Lipinski definition) is 1. The van der Waals surface area contributed by atoms with Crippen LogP contribution in [0.5, 0.6) is 0 Å². The molecule has 0 radical (unpaired) electrons. The van der Waals surface area contributed by atoms with Gasteiger partial charge in [0.15, 0.2) is 0 Å². The van der Waals surface area contributed by atoms with Gasteiger partial charge < -0.3 is 15.0 Å². The summed E-state index contributed by atoms with van der Waals surface area (Å²) in [5.41, 5.74) is 1.53. The van der Waals surface area contributed by atoms with Crippen molar-refractivity contribution in [2.45, 2.75) is 63.6 Å². The normalized spacial score (nSPS) is 31.4. The summed E-state index contributed by atoms with van der Waals surface area (Å²) in [6.45, 7) is 3.67. The number of fused-ring (bicyclic) bond motifs is 2. The van der Waals surface area contributed by atoms with Crippen molar-refractivity contribution in [2.75, 3.05) is 13.2 Å². The zero-order chi connectivity index (χ0) is 13.2. The van der Waals surface area contributed by atoms with Crippen molar-refractivity contribution in [3.63, 3.8) is 0 Å². The number of urea groups is 1. The Labute approximate surface area is 115 Å². The number of nitrogens with one attached hydrogen (secondary N) is 1. The molecule has 2 atom stereocenters. The Hall–Kier alpha value is -1.03. The van der Waals surface area contributed by atoms with Gasteiger partial charge in [-0.2, -0.15) is 0 Å². The number of piperidine rings is 1. The predicted molar refractivity (Wildman–Crippen MR) is 74.0 cm³/mol. The second kappa shape index (κ2) is 5.53. The third-order valence-corrected chi connectivity index (χ3v) is 4.81. The molecule has 0 aromatic carbocycles. The molecule has 1 N–H and O–H groups in total. The lowest BCUT2D eigenvalue weighted by Gasteiger charge is -2.37. The topological polar surface area (TPSA) is 41.6 Å². The quantitative estimate of drug-likeness (QED) is 0.739. The number of nitrogens with zero attached hydrogens (tertiary/aromatic N) is 1. The first-order chi connectivity index (χ1) is 9.28. The summed E-state index contributed by atoms with van der Waals surface area (Å²) < 4.78 is 5.34. The lowest BCUT2D eigenvalue weighted by atomic mass is 9.97. The molecule has 3 aliphatic rings. The van der Waals surface area contributed by atoms with Crippen LogP contribution in [-0.4, -0.2) is 42.3 Å². The molecule has 3 saturated heterocycles. The second-order valence-electron chi connectivity index (χ2n) is 5.98. The van der Waals surface area contributed by atoms with Crippen LogP contribution in [0.15, 0.2) is 11.6 Å². The van der Waals surface area contributed by atoms with Crippen molar-refractivity contribution in [3.05, 3.63) is 11.6 Å². The molecule has 0 aromatic rings. The third kappa shape index (κ3) is 2.64. The molecule has 0 spiro atoms. The number of amides is 2. The molecule has 4 nitrogen and oxygen atoms in total. The molecule has 106 valence electrons. The highest BCUT2D eigenvalue weighted by molar-refractivity contribution is 5.76. The number of allylic oxidation sites excluding steroid dienone is 1. The third-order valence-electron chi connectivity index (χ3n) is 4.81. The zero-order valence-corrected chi connectivity index (χ0v) is 11.7. The fraction of sp³-hybridized carbons (Fsp3) is 0.800. The van der Waals surface area contributed by atoms with E-state index in [9.17, 15) is 4.79 Å². The van der Waals surface area contributed by atoms with Crippen LogP contribution in [0, 0.1) is 0 Å². The molecular formula is C15H24N2O2. The number of ether oxygens (including phenoxy) is 1. The van der Waals surface area contributed by atoms with Crippen molar-refractivity contribution in [2.24, 2.45) is 0 Å². The van der Waals surface area contributed by atoms with Crippen LogP contribution in [0.1, 0.15) is 45.4 Å². The van der Waals surface area contributed by atoms with E-state index in [0.29, 0.717) is 18.1 Å². The van der Waals surface area contributed by atoms with Gasteiger partial charge in [0.25, 0.3) is 0 Å². The van der Waals surface area contributed by atoms with Crippen LogP contribution in [0.3, 0.4) is 0 Å². The van der Waals surface area contributed by atoms with Crippen LogP contribution in [0.4, 0.5) is 4.79 Å². The van der Waals surface area contributed by atoms with Gasteiger partial charge in [-0.05, 0) is 45.4 Å². The van der Waals surface area contributed by atoms with E-state index in [4.69, 9.17) is 4.74 Å². The van der Waals surface area contributed by atoms with Crippen LogP contribution in [-0.2, 0) is 4.74 Å². The Morgan fingerprint density at radius 3 is 2.42 bits per heavy atom. The number of rotatable bonds is 1. The van der Waals surface area contributed by atoms with Gasteiger partial charge in [0.1, 0.15) is 0 Å². The summed E-state index contributed by atoms with van der Waals surface area (Å²) in [6, 6.07) is 1.34. The molecule has 4 heteroatoms. The molecule has 19 heavy (non-hydrogen) atoms. The zero-order valence-electron chi connectivity index (χ0n) is 11.7. The lowest BCUT2D eigenvalue weighted by Crippen LogP contribution is -2.52. The van der Waals surface area contributed by atoms with Crippen LogP contribution in [0.25, 0.3) is 0 Å². The summed E-state index contributed by atoms with van der Waals surface area (Å²) in [5.74, 6) is 0. The maximum absolute atomic E-state index is 12.5. The molecular weight excluding hydrogens is 240 g/mol. The number of carbonyl (C=O) groups is 1. The van der Waals surface area contributed by atoms with E-state index in [2.05, 4.69) is 23.2 Å². The van der Waals surface area contributed by atoms with E-state index in [-0.39, 0.29) is 6.03 Å². The van der Waals surface area contributed by atoms with E-state index in [1.807, 2.05) is 0 Å². The summed E-state index contributed by atoms with van der Waals surface area (Å²) in [5, 5.41) is 3.21. The fourth-order valence-electron chi connectivity index (χ4n) is 3.71. The summed E-state index contributed by atoms with van der Waals surface area (Å²) in [4.78, 5) is 14.6. The molecule has 3 aliphatic heterocycles. The van der Waals surface area contributed by atoms with Crippen molar-refractivity contribution in [1.29, 1.82) is 0 Å². The van der Waals surface area contributed by atoms with E-state index < -0.39 is 0 Å². The minimum Gasteiger partial charge on any atom is -0.381 e. The number of hydrogen-bond acceptors (Lipinski definition) is 2. The van der Waals surface area contributed by atoms with Gasteiger partial charge in [-0.3, -0.25) is 0 Å². The first kappa shape index (κ1) is 13.0. The summed E-state index contributed by atoms with van der Waals surface area (Å²) in [6.07, 6.45) is 8.64. The maximum Gasteiger partial charge on any atom is 0.318 e. The molecule has 3 rings (SSSR count). The molecule has 0 aliphatic carbocycles. The summed E-state index contributed by atoms with van der Waals surface area (Å²) >= 11 is 0. The average molecular weight is 264 g/mol. The van der Waals surface area contributed by atoms with E-state index in [1.54, 1.807) is 0 Å². The van der Waals surface area contributed by atoms with E-state index >= 15 is 0 Å². The van der Waals surface area contributed by atoms with Crippen molar-refractivity contribution in [3.8, 4) is 0 Å². The summed E-state index contributed by atoms with van der Waals surface area (Å²) in [7, 11) is 0. The Morgan fingerprint density at radius 2 is 1.84 bits per heavy atom. The average Bonchev–Trinajstić information content (AvgIpc) is 2.71. The van der Waals surface area contributed by atoms with Gasteiger partial charge in [-0.15, -0.1) is 0 Å². The maximum atomic E-state index is 12.5. The Balaban J connectivity index is 1.61. The van der Waals surface area contributed by atoms with Crippen LogP contribution < -0.4 is 5.32 Å². The monoisotopic (exact) mass is 264 g/mol. The highest BCUT2D eigenvalue weighted by Crippen LogP contribution is 2.38. The Morgan fingerprint density at radius 1 is 1.21 bits per heavy atom. The fourth-order valence-corrected chi connectivity index (χ4v) is 3.71. The highest BCUT2D eigenvalue weighted by atomic mass is 16.5.